The number of likely N-dealkylation sites (tertiary alicyclic amines) is 1. The van der Waals surface area contributed by atoms with E-state index in [-0.39, 0.29) is 18.3 Å². The van der Waals surface area contributed by atoms with E-state index < -0.39 is 0 Å². The molecule has 1 aliphatic heterocycles. The molecule has 5 heteroatoms. The highest BCUT2D eigenvalue weighted by molar-refractivity contribution is 5.85. The maximum atomic E-state index is 12.0. The van der Waals surface area contributed by atoms with Crippen molar-refractivity contribution in [3.05, 3.63) is 24.0 Å². The molecule has 1 saturated heterocycles. The van der Waals surface area contributed by atoms with E-state index in [9.17, 15) is 4.79 Å². The van der Waals surface area contributed by atoms with E-state index in [1.165, 1.54) is 0 Å². The van der Waals surface area contributed by atoms with E-state index in [1.807, 2.05) is 11.0 Å². The molecular formula is C13H20ClN3O. The van der Waals surface area contributed by atoms with Crippen molar-refractivity contribution in [2.45, 2.75) is 26.2 Å². The number of rotatable bonds is 3. The zero-order valence-electron chi connectivity index (χ0n) is 10.6. The van der Waals surface area contributed by atoms with Crippen LogP contribution in [0.3, 0.4) is 0 Å². The van der Waals surface area contributed by atoms with Crippen LogP contribution in [0.15, 0.2) is 18.3 Å². The quantitative estimate of drug-likeness (QED) is 0.912. The minimum Gasteiger partial charge on any atom is -0.397 e. The number of aromatic nitrogens is 1. The Morgan fingerprint density at radius 1 is 1.56 bits per heavy atom. The molecule has 2 heterocycles. The lowest BCUT2D eigenvalue weighted by Gasteiger charge is -2.15. The van der Waals surface area contributed by atoms with E-state index in [2.05, 4.69) is 11.9 Å². The molecule has 1 aromatic rings. The van der Waals surface area contributed by atoms with Crippen molar-refractivity contribution in [1.82, 2.24) is 9.88 Å². The second-order valence-electron chi connectivity index (χ2n) is 4.66. The van der Waals surface area contributed by atoms with Gasteiger partial charge in [0.15, 0.2) is 0 Å². The molecule has 1 aromatic heterocycles. The van der Waals surface area contributed by atoms with Crippen LogP contribution < -0.4 is 5.73 Å². The van der Waals surface area contributed by atoms with E-state index in [0.29, 0.717) is 18.0 Å². The highest BCUT2D eigenvalue weighted by Crippen LogP contribution is 2.19. The first-order valence-corrected chi connectivity index (χ1v) is 6.17. The first-order valence-electron chi connectivity index (χ1n) is 6.17. The molecular weight excluding hydrogens is 250 g/mol. The van der Waals surface area contributed by atoms with Crippen molar-refractivity contribution >= 4 is 24.0 Å². The van der Waals surface area contributed by atoms with Gasteiger partial charge < -0.3 is 10.6 Å². The lowest BCUT2D eigenvalue weighted by atomic mass is 10.1. The Hall–Kier alpha value is -1.29. The first kappa shape index (κ1) is 14.8. The number of nitrogens with two attached hydrogens (primary N) is 1. The Kier molecular flexibility index (Phi) is 5.41. The molecule has 100 valence electrons. The summed E-state index contributed by atoms with van der Waals surface area (Å²) in [4.78, 5) is 18.1. The third-order valence-electron chi connectivity index (χ3n) is 3.40. The van der Waals surface area contributed by atoms with Crippen LogP contribution >= 0.6 is 12.4 Å². The highest BCUT2D eigenvalue weighted by Gasteiger charge is 2.24. The van der Waals surface area contributed by atoms with E-state index in [0.717, 1.165) is 31.6 Å². The van der Waals surface area contributed by atoms with Gasteiger partial charge in [-0.2, -0.15) is 0 Å². The summed E-state index contributed by atoms with van der Waals surface area (Å²) in [5.41, 5.74) is 6.99. The largest absolute Gasteiger partial charge is 0.397 e. The zero-order valence-corrected chi connectivity index (χ0v) is 11.4. The molecule has 1 amide bonds. The van der Waals surface area contributed by atoms with E-state index in [1.54, 1.807) is 12.3 Å². The molecule has 0 saturated carbocycles. The van der Waals surface area contributed by atoms with Crippen LogP contribution in [0.5, 0.6) is 0 Å². The zero-order chi connectivity index (χ0) is 12.3. The molecule has 2 N–H and O–H groups in total. The number of carbonyl (C=O) groups excluding carboxylic acids is 1. The highest BCUT2D eigenvalue weighted by atomic mass is 35.5. The van der Waals surface area contributed by atoms with Crippen molar-refractivity contribution in [3.8, 4) is 0 Å². The van der Waals surface area contributed by atoms with Crippen molar-refractivity contribution in [1.29, 1.82) is 0 Å². The van der Waals surface area contributed by atoms with Gasteiger partial charge in [-0.05, 0) is 24.5 Å². The number of anilines is 1. The standard InChI is InChI=1S/C13H19N3O.ClH/c1-2-10-5-6-16(9-10)13(17)7-12-4-3-11(14)8-15-12;/h3-4,8,10H,2,5-7,9,14H2,1H3;1H. The summed E-state index contributed by atoms with van der Waals surface area (Å²) >= 11 is 0. The number of amides is 1. The molecule has 1 atom stereocenters. The van der Waals surface area contributed by atoms with Crippen LogP contribution in [0.2, 0.25) is 0 Å². The fraction of sp³-hybridized carbons (Fsp3) is 0.538. The van der Waals surface area contributed by atoms with Crippen LogP contribution in [-0.2, 0) is 11.2 Å². The summed E-state index contributed by atoms with van der Waals surface area (Å²) in [6, 6.07) is 3.61. The number of nitrogens with zero attached hydrogens (tertiary/aromatic N) is 2. The van der Waals surface area contributed by atoms with Gasteiger partial charge in [-0.3, -0.25) is 9.78 Å². The smallest absolute Gasteiger partial charge is 0.228 e. The molecule has 4 nitrogen and oxygen atoms in total. The molecule has 1 fully saturated rings. The van der Waals surface area contributed by atoms with Gasteiger partial charge in [0.1, 0.15) is 0 Å². The van der Waals surface area contributed by atoms with Crippen molar-refractivity contribution in [2.24, 2.45) is 5.92 Å². The Morgan fingerprint density at radius 2 is 2.33 bits per heavy atom. The molecule has 18 heavy (non-hydrogen) atoms. The summed E-state index contributed by atoms with van der Waals surface area (Å²) in [6.45, 7) is 3.98. The Bertz CT molecular complexity index is 394. The lowest BCUT2D eigenvalue weighted by Crippen LogP contribution is -2.30. The third kappa shape index (κ3) is 3.60. The number of pyridine rings is 1. The van der Waals surface area contributed by atoms with Crippen molar-refractivity contribution < 1.29 is 4.79 Å². The summed E-state index contributed by atoms with van der Waals surface area (Å²) < 4.78 is 0. The molecule has 0 spiro atoms. The van der Waals surface area contributed by atoms with Crippen LogP contribution in [0, 0.1) is 5.92 Å². The summed E-state index contributed by atoms with van der Waals surface area (Å²) in [5, 5.41) is 0. The Labute approximate surface area is 114 Å². The van der Waals surface area contributed by atoms with Gasteiger partial charge in [-0.1, -0.05) is 13.3 Å². The fourth-order valence-electron chi connectivity index (χ4n) is 2.20. The fourth-order valence-corrected chi connectivity index (χ4v) is 2.20. The first-order chi connectivity index (χ1) is 8.19. The van der Waals surface area contributed by atoms with Crippen LogP contribution in [-0.4, -0.2) is 28.9 Å². The summed E-state index contributed by atoms with van der Waals surface area (Å²) in [7, 11) is 0. The van der Waals surface area contributed by atoms with Gasteiger partial charge in [-0.25, -0.2) is 0 Å². The minimum atomic E-state index is 0. The molecule has 1 aliphatic rings. The molecule has 0 bridgehead atoms. The maximum Gasteiger partial charge on any atom is 0.228 e. The molecule has 0 aliphatic carbocycles. The molecule has 1 unspecified atom stereocenters. The number of hydrogen-bond donors (Lipinski definition) is 1. The molecule has 0 aromatic carbocycles. The average molecular weight is 270 g/mol. The maximum absolute atomic E-state index is 12.0. The van der Waals surface area contributed by atoms with Gasteiger partial charge >= 0.3 is 0 Å². The number of nitrogen functional groups attached to an aromatic ring is 1. The van der Waals surface area contributed by atoms with Crippen molar-refractivity contribution in [2.75, 3.05) is 18.8 Å². The van der Waals surface area contributed by atoms with Gasteiger partial charge in [0.25, 0.3) is 0 Å². The average Bonchev–Trinajstić information content (AvgIpc) is 2.81. The van der Waals surface area contributed by atoms with Gasteiger partial charge in [-0.15, -0.1) is 12.4 Å². The SMILES string of the molecule is CCC1CCN(C(=O)Cc2ccc(N)cn2)C1.Cl. The van der Waals surface area contributed by atoms with Crippen LogP contribution in [0.4, 0.5) is 5.69 Å². The second kappa shape index (κ2) is 6.59. The topological polar surface area (TPSA) is 59.2 Å². The van der Waals surface area contributed by atoms with Crippen LogP contribution in [0.1, 0.15) is 25.5 Å². The molecule has 0 radical (unpaired) electrons. The second-order valence-corrected chi connectivity index (χ2v) is 4.66. The van der Waals surface area contributed by atoms with Crippen molar-refractivity contribution in [3.63, 3.8) is 0 Å². The summed E-state index contributed by atoms with van der Waals surface area (Å²) in [6.07, 6.45) is 4.28. The number of carbonyl (C=O) groups is 1. The van der Waals surface area contributed by atoms with E-state index >= 15 is 0 Å². The van der Waals surface area contributed by atoms with Gasteiger partial charge in [0, 0.05) is 18.8 Å². The summed E-state index contributed by atoms with van der Waals surface area (Å²) in [5.74, 6) is 0.858. The Balaban J connectivity index is 0.00000162. The predicted molar refractivity (Wildman–Crippen MR) is 74.6 cm³/mol. The number of hydrogen-bond acceptors (Lipinski definition) is 3. The normalized spacial score (nSPS) is 18.5. The Morgan fingerprint density at radius 3 is 2.89 bits per heavy atom. The lowest BCUT2D eigenvalue weighted by molar-refractivity contribution is -0.129. The molecule has 2 rings (SSSR count). The third-order valence-corrected chi connectivity index (χ3v) is 3.40. The van der Waals surface area contributed by atoms with Crippen LogP contribution in [0.25, 0.3) is 0 Å². The predicted octanol–water partition coefficient (Wildman–Crippen LogP) is 1.89. The number of halogens is 1. The van der Waals surface area contributed by atoms with Gasteiger partial charge in [0.2, 0.25) is 5.91 Å². The minimum absolute atomic E-state index is 0. The monoisotopic (exact) mass is 269 g/mol. The van der Waals surface area contributed by atoms with E-state index in [4.69, 9.17) is 5.73 Å². The van der Waals surface area contributed by atoms with Gasteiger partial charge in [0.05, 0.1) is 18.3 Å².